The second-order valence-electron chi connectivity index (χ2n) is 3.84. The van der Waals surface area contributed by atoms with Crippen molar-refractivity contribution in [3.63, 3.8) is 0 Å². The number of nitrogens with zero attached hydrogens (tertiary/aromatic N) is 4. The molecule has 0 unspecified atom stereocenters. The highest BCUT2D eigenvalue weighted by atomic mass is 16.5. The molecule has 18 heavy (non-hydrogen) atoms. The van der Waals surface area contributed by atoms with Gasteiger partial charge in [0.05, 0.1) is 12.1 Å². The standard InChI is InChI=1S/C12H11N5O/c1-8-15-11(18-17-8)7-14-12-13-6-9-4-2-3-5-10(9)16-12/h2-6H,7H2,1H3,(H,13,14,16). The minimum atomic E-state index is 0.416. The van der Waals surface area contributed by atoms with E-state index in [-0.39, 0.29) is 0 Å². The van der Waals surface area contributed by atoms with E-state index in [4.69, 9.17) is 4.52 Å². The second kappa shape index (κ2) is 4.40. The zero-order valence-corrected chi connectivity index (χ0v) is 9.79. The van der Waals surface area contributed by atoms with Crippen molar-refractivity contribution >= 4 is 16.9 Å². The van der Waals surface area contributed by atoms with Crippen molar-refractivity contribution in [3.05, 3.63) is 42.2 Å². The normalized spacial score (nSPS) is 10.7. The molecule has 2 heterocycles. The SMILES string of the molecule is Cc1noc(CNc2ncc3ccccc3n2)n1. The van der Waals surface area contributed by atoms with Crippen molar-refractivity contribution < 1.29 is 4.52 Å². The highest BCUT2D eigenvalue weighted by Gasteiger charge is 2.04. The molecule has 0 spiro atoms. The molecule has 0 fully saturated rings. The number of aryl methyl sites for hydroxylation is 1. The van der Waals surface area contributed by atoms with Gasteiger partial charge in [0.2, 0.25) is 11.8 Å². The van der Waals surface area contributed by atoms with Gasteiger partial charge in [0.1, 0.15) is 0 Å². The van der Waals surface area contributed by atoms with Crippen LogP contribution < -0.4 is 5.32 Å². The van der Waals surface area contributed by atoms with Gasteiger partial charge in [-0.3, -0.25) is 0 Å². The Morgan fingerprint density at radius 2 is 2.11 bits per heavy atom. The summed E-state index contributed by atoms with van der Waals surface area (Å²) in [4.78, 5) is 12.7. The van der Waals surface area contributed by atoms with Gasteiger partial charge in [0.15, 0.2) is 5.82 Å². The van der Waals surface area contributed by atoms with Gasteiger partial charge in [0.25, 0.3) is 0 Å². The number of rotatable bonds is 3. The number of anilines is 1. The average molecular weight is 241 g/mol. The Kier molecular flexibility index (Phi) is 2.60. The first-order valence-corrected chi connectivity index (χ1v) is 5.56. The lowest BCUT2D eigenvalue weighted by Crippen LogP contribution is -2.03. The maximum Gasteiger partial charge on any atom is 0.246 e. The van der Waals surface area contributed by atoms with Gasteiger partial charge >= 0.3 is 0 Å². The summed E-state index contributed by atoms with van der Waals surface area (Å²) in [6, 6.07) is 7.82. The lowest BCUT2D eigenvalue weighted by atomic mass is 10.2. The highest BCUT2D eigenvalue weighted by Crippen LogP contribution is 2.12. The molecule has 1 N–H and O–H groups in total. The second-order valence-corrected chi connectivity index (χ2v) is 3.84. The van der Waals surface area contributed by atoms with Crippen LogP contribution in [-0.2, 0) is 6.54 Å². The number of hydrogen-bond acceptors (Lipinski definition) is 6. The number of aromatic nitrogens is 4. The summed E-state index contributed by atoms with van der Waals surface area (Å²) in [6.07, 6.45) is 1.78. The summed E-state index contributed by atoms with van der Waals surface area (Å²) in [7, 11) is 0. The fourth-order valence-corrected chi connectivity index (χ4v) is 1.62. The third kappa shape index (κ3) is 2.13. The van der Waals surface area contributed by atoms with Gasteiger partial charge in [-0.2, -0.15) is 4.98 Å². The summed E-state index contributed by atoms with van der Waals surface area (Å²) in [5.74, 6) is 1.68. The predicted molar refractivity (Wildman–Crippen MR) is 65.9 cm³/mol. The summed E-state index contributed by atoms with van der Waals surface area (Å²) in [6.45, 7) is 2.19. The molecule has 0 atom stereocenters. The van der Waals surface area contributed by atoms with Gasteiger partial charge in [0, 0.05) is 11.6 Å². The Labute approximate surface area is 103 Å². The zero-order valence-electron chi connectivity index (χ0n) is 9.79. The van der Waals surface area contributed by atoms with Crippen LogP contribution in [0.25, 0.3) is 10.9 Å². The highest BCUT2D eigenvalue weighted by molar-refractivity contribution is 5.78. The van der Waals surface area contributed by atoms with Crippen LogP contribution >= 0.6 is 0 Å². The molecule has 0 amide bonds. The van der Waals surface area contributed by atoms with E-state index in [0.29, 0.717) is 24.2 Å². The quantitative estimate of drug-likeness (QED) is 0.755. The molecule has 0 aliphatic rings. The first kappa shape index (κ1) is 10.6. The number of fused-ring (bicyclic) bond motifs is 1. The number of para-hydroxylation sites is 1. The van der Waals surface area contributed by atoms with E-state index in [9.17, 15) is 0 Å². The molecule has 6 heteroatoms. The van der Waals surface area contributed by atoms with E-state index >= 15 is 0 Å². The van der Waals surface area contributed by atoms with Crippen molar-refractivity contribution in [1.29, 1.82) is 0 Å². The Hall–Kier alpha value is -2.50. The van der Waals surface area contributed by atoms with Gasteiger partial charge in [-0.15, -0.1) is 0 Å². The molecule has 2 aromatic heterocycles. The molecule has 6 nitrogen and oxygen atoms in total. The van der Waals surface area contributed by atoms with Crippen molar-refractivity contribution in [1.82, 2.24) is 20.1 Å². The molecule has 0 radical (unpaired) electrons. The fourth-order valence-electron chi connectivity index (χ4n) is 1.62. The number of nitrogens with one attached hydrogen (secondary N) is 1. The largest absolute Gasteiger partial charge is 0.345 e. The summed E-state index contributed by atoms with van der Waals surface area (Å²) in [5, 5.41) is 7.77. The molecular weight excluding hydrogens is 230 g/mol. The molecule has 0 bridgehead atoms. The van der Waals surface area contributed by atoms with Crippen LogP contribution in [0.5, 0.6) is 0 Å². The van der Waals surface area contributed by atoms with E-state index in [1.54, 1.807) is 13.1 Å². The van der Waals surface area contributed by atoms with Gasteiger partial charge in [-0.25, -0.2) is 9.97 Å². The van der Waals surface area contributed by atoms with Crippen molar-refractivity contribution in [2.75, 3.05) is 5.32 Å². The molecular formula is C12H11N5O. The zero-order chi connectivity index (χ0) is 12.4. The first-order valence-electron chi connectivity index (χ1n) is 5.56. The number of hydrogen-bond donors (Lipinski definition) is 1. The van der Waals surface area contributed by atoms with Gasteiger partial charge in [-0.05, 0) is 13.0 Å². The third-order valence-corrected chi connectivity index (χ3v) is 2.46. The Morgan fingerprint density at radius 3 is 2.94 bits per heavy atom. The van der Waals surface area contributed by atoms with Crippen LogP contribution in [0.2, 0.25) is 0 Å². The van der Waals surface area contributed by atoms with Crippen molar-refractivity contribution in [2.24, 2.45) is 0 Å². The maximum atomic E-state index is 4.99. The monoisotopic (exact) mass is 241 g/mol. The Balaban J connectivity index is 1.78. The van der Waals surface area contributed by atoms with Crippen LogP contribution in [0.4, 0.5) is 5.95 Å². The lowest BCUT2D eigenvalue weighted by molar-refractivity contribution is 0.379. The van der Waals surface area contributed by atoms with E-state index < -0.39 is 0 Å². The smallest absolute Gasteiger partial charge is 0.246 e. The van der Waals surface area contributed by atoms with E-state index in [2.05, 4.69) is 25.4 Å². The topological polar surface area (TPSA) is 76.7 Å². The number of benzene rings is 1. The molecule has 3 rings (SSSR count). The third-order valence-electron chi connectivity index (χ3n) is 2.46. The molecule has 0 saturated carbocycles. The first-order chi connectivity index (χ1) is 8.81. The summed E-state index contributed by atoms with van der Waals surface area (Å²) >= 11 is 0. The fraction of sp³-hybridized carbons (Fsp3) is 0.167. The summed E-state index contributed by atoms with van der Waals surface area (Å²) < 4.78 is 4.99. The van der Waals surface area contributed by atoms with E-state index in [0.717, 1.165) is 10.9 Å². The van der Waals surface area contributed by atoms with Gasteiger partial charge < -0.3 is 9.84 Å². The van der Waals surface area contributed by atoms with Gasteiger partial charge in [-0.1, -0.05) is 23.4 Å². The molecule has 0 aliphatic heterocycles. The lowest BCUT2D eigenvalue weighted by Gasteiger charge is -2.02. The van der Waals surface area contributed by atoms with E-state index in [1.807, 2.05) is 24.3 Å². The van der Waals surface area contributed by atoms with Crippen LogP contribution in [0.3, 0.4) is 0 Å². The predicted octanol–water partition coefficient (Wildman–Crippen LogP) is 1.93. The minimum Gasteiger partial charge on any atom is -0.345 e. The molecule has 3 aromatic rings. The van der Waals surface area contributed by atoms with Crippen LogP contribution in [0, 0.1) is 6.92 Å². The average Bonchev–Trinajstić information content (AvgIpc) is 2.82. The molecule has 90 valence electrons. The summed E-state index contributed by atoms with van der Waals surface area (Å²) in [5.41, 5.74) is 0.900. The van der Waals surface area contributed by atoms with E-state index in [1.165, 1.54) is 0 Å². The molecule has 0 aliphatic carbocycles. The van der Waals surface area contributed by atoms with Crippen LogP contribution in [0.15, 0.2) is 35.0 Å². The minimum absolute atomic E-state index is 0.416. The van der Waals surface area contributed by atoms with Crippen LogP contribution in [-0.4, -0.2) is 20.1 Å². The van der Waals surface area contributed by atoms with Crippen LogP contribution in [0.1, 0.15) is 11.7 Å². The molecule has 1 aromatic carbocycles. The maximum absolute atomic E-state index is 4.99. The van der Waals surface area contributed by atoms with Crippen molar-refractivity contribution in [3.8, 4) is 0 Å². The molecule has 0 saturated heterocycles. The Morgan fingerprint density at radius 1 is 1.22 bits per heavy atom. The Bertz CT molecular complexity index is 679. The van der Waals surface area contributed by atoms with Crippen molar-refractivity contribution in [2.45, 2.75) is 13.5 Å².